The molecule has 1 rings (SSSR count). The van der Waals surface area contributed by atoms with E-state index in [2.05, 4.69) is 36.1 Å². The molecule has 0 aliphatic heterocycles. The van der Waals surface area contributed by atoms with E-state index in [9.17, 15) is 4.79 Å². The zero-order valence-corrected chi connectivity index (χ0v) is 13.9. The first kappa shape index (κ1) is 17.4. The summed E-state index contributed by atoms with van der Waals surface area (Å²) in [6.07, 6.45) is 3.15. The van der Waals surface area contributed by atoms with E-state index in [1.54, 1.807) is 11.0 Å². The highest BCUT2D eigenvalue weighted by Gasteiger charge is 2.14. The molecule has 0 saturated heterocycles. The largest absolute Gasteiger partial charge is 0.370 e. The predicted molar refractivity (Wildman–Crippen MR) is 86.6 cm³/mol. The third-order valence-corrected chi connectivity index (χ3v) is 3.28. The highest BCUT2D eigenvalue weighted by atomic mass is 16.2. The van der Waals surface area contributed by atoms with Crippen LogP contribution in [0.2, 0.25) is 0 Å². The Hall–Kier alpha value is -1.65. The van der Waals surface area contributed by atoms with E-state index in [4.69, 9.17) is 0 Å². The topological polar surface area (TPSA) is 58.1 Å². The second-order valence-electron chi connectivity index (χ2n) is 5.88. The Balaban J connectivity index is 2.74. The van der Waals surface area contributed by atoms with Gasteiger partial charge in [0.25, 0.3) is 5.91 Å². The Morgan fingerprint density at radius 3 is 2.71 bits per heavy atom. The van der Waals surface area contributed by atoms with E-state index < -0.39 is 0 Å². The predicted octanol–water partition coefficient (Wildman–Crippen LogP) is 3.12. The number of anilines is 1. The van der Waals surface area contributed by atoms with Crippen molar-refractivity contribution in [3.8, 4) is 0 Å². The summed E-state index contributed by atoms with van der Waals surface area (Å²) in [6.45, 7) is 9.91. The van der Waals surface area contributed by atoms with Gasteiger partial charge in [0.05, 0.1) is 0 Å². The maximum Gasteiger partial charge on any atom is 0.272 e. The van der Waals surface area contributed by atoms with Crippen molar-refractivity contribution in [1.82, 2.24) is 14.9 Å². The Bertz CT molecular complexity index is 460. The summed E-state index contributed by atoms with van der Waals surface area (Å²) >= 11 is 0. The van der Waals surface area contributed by atoms with Crippen molar-refractivity contribution in [3.05, 3.63) is 17.6 Å². The van der Waals surface area contributed by atoms with Gasteiger partial charge in [-0.05, 0) is 25.7 Å². The van der Waals surface area contributed by atoms with Crippen molar-refractivity contribution >= 4 is 11.7 Å². The molecule has 0 aliphatic rings. The third kappa shape index (κ3) is 6.10. The van der Waals surface area contributed by atoms with Gasteiger partial charge in [0.2, 0.25) is 0 Å². The van der Waals surface area contributed by atoms with Gasteiger partial charge in [0.1, 0.15) is 17.3 Å². The van der Waals surface area contributed by atoms with E-state index in [0.29, 0.717) is 17.4 Å². The van der Waals surface area contributed by atoms with E-state index in [0.717, 1.165) is 38.2 Å². The molecule has 0 spiro atoms. The minimum atomic E-state index is -0.0409. The molecule has 1 aromatic rings. The first-order chi connectivity index (χ1) is 9.93. The van der Waals surface area contributed by atoms with Crippen LogP contribution in [0.3, 0.4) is 0 Å². The zero-order valence-electron chi connectivity index (χ0n) is 13.9. The summed E-state index contributed by atoms with van der Waals surface area (Å²) in [5.74, 6) is 1.95. The standard InChI is InChI=1S/C16H28N4O/c1-6-7-10-20(5)16(21)14-11-15(19-13(4)18-14)17-9-8-12(2)3/h11-12H,6-10H2,1-5H3,(H,17,18,19). The SMILES string of the molecule is CCCCN(C)C(=O)c1cc(NCCC(C)C)nc(C)n1. The van der Waals surface area contributed by atoms with Gasteiger partial charge < -0.3 is 10.2 Å². The van der Waals surface area contributed by atoms with Crippen LogP contribution in [0.4, 0.5) is 5.82 Å². The Kier molecular flexibility index (Phi) is 7.12. The van der Waals surface area contributed by atoms with Crippen molar-refractivity contribution in [2.45, 2.75) is 47.0 Å². The number of carbonyl (C=O) groups is 1. The summed E-state index contributed by atoms with van der Waals surface area (Å²) in [5.41, 5.74) is 0.466. The molecule has 118 valence electrons. The van der Waals surface area contributed by atoms with Crippen LogP contribution >= 0.6 is 0 Å². The molecule has 0 aliphatic carbocycles. The number of aromatic nitrogens is 2. The summed E-state index contributed by atoms with van der Waals surface area (Å²) < 4.78 is 0. The first-order valence-electron chi connectivity index (χ1n) is 7.79. The maximum absolute atomic E-state index is 12.3. The van der Waals surface area contributed by atoms with Gasteiger partial charge in [-0.2, -0.15) is 0 Å². The van der Waals surface area contributed by atoms with E-state index in [1.165, 1.54) is 0 Å². The number of hydrogen-bond acceptors (Lipinski definition) is 4. The molecule has 0 saturated carbocycles. The van der Waals surface area contributed by atoms with Crippen molar-refractivity contribution < 1.29 is 4.79 Å². The zero-order chi connectivity index (χ0) is 15.8. The van der Waals surface area contributed by atoms with Gasteiger partial charge in [-0.3, -0.25) is 4.79 Å². The summed E-state index contributed by atoms with van der Waals surface area (Å²) in [5, 5.41) is 3.27. The van der Waals surface area contributed by atoms with Crippen LogP contribution in [-0.4, -0.2) is 40.9 Å². The molecule has 0 bridgehead atoms. The van der Waals surface area contributed by atoms with E-state index in [-0.39, 0.29) is 5.91 Å². The Morgan fingerprint density at radius 1 is 1.38 bits per heavy atom. The molecule has 1 N–H and O–H groups in total. The third-order valence-electron chi connectivity index (χ3n) is 3.28. The molecule has 0 fully saturated rings. The van der Waals surface area contributed by atoms with Crippen molar-refractivity contribution in [2.24, 2.45) is 5.92 Å². The monoisotopic (exact) mass is 292 g/mol. The molecule has 0 aromatic carbocycles. The van der Waals surface area contributed by atoms with Crippen molar-refractivity contribution in [3.63, 3.8) is 0 Å². The van der Waals surface area contributed by atoms with Crippen LogP contribution < -0.4 is 5.32 Å². The van der Waals surface area contributed by atoms with Crippen molar-refractivity contribution in [2.75, 3.05) is 25.5 Å². The quantitative estimate of drug-likeness (QED) is 0.800. The Labute approximate surface area is 128 Å². The van der Waals surface area contributed by atoms with Crippen LogP contribution in [0.15, 0.2) is 6.07 Å². The summed E-state index contributed by atoms with van der Waals surface area (Å²) in [6, 6.07) is 1.75. The molecule has 5 nitrogen and oxygen atoms in total. The lowest BCUT2D eigenvalue weighted by atomic mass is 10.1. The second-order valence-corrected chi connectivity index (χ2v) is 5.88. The lowest BCUT2D eigenvalue weighted by Gasteiger charge is -2.17. The minimum absolute atomic E-state index is 0.0409. The number of rotatable bonds is 8. The molecular formula is C16H28N4O. The van der Waals surface area contributed by atoms with Crippen LogP contribution in [0.5, 0.6) is 0 Å². The van der Waals surface area contributed by atoms with Gasteiger partial charge in [-0.25, -0.2) is 9.97 Å². The van der Waals surface area contributed by atoms with Gasteiger partial charge in [0, 0.05) is 26.2 Å². The van der Waals surface area contributed by atoms with E-state index in [1.807, 2.05) is 14.0 Å². The fourth-order valence-corrected chi connectivity index (χ4v) is 1.95. The number of amides is 1. The molecule has 0 unspecified atom stereocenters. The Morgan fingerprint density at radius 2 is 2.10 bits per heavy atom. The first-order valence-corrected chi connectivity index (χ1v) is 7.79. The van der Waals surface area contributed by atoms with Gasteiger partial charge in [-0.1, -0.05) is 27.2 Å². The number of aryl methyl sites for hydroxylation is 1. The lowest BCUT2D eigenvalue weighted by Crippen LogP contribution is -2.29. The lowest BCUT2D eigenvalue weighted by molar-refractivity contribution is 0.0787. The average molecular weight is 292 g/mol. The highest BCUT2D eigenvalue weighted by Crippen LogP contribution is 2.10. The summed E-state index contributed by atoms with van der Waals surface area (Å²) in [7, 11) is 1.82. The van der Waals surface area contributed by atoms with Gasteiger partial charge >= 0.3 is 0 Å². The smallest absolute Gasteiger partial charge is 0.272 e. The molecule has 1 aromatic heterocycles. The van der Waals surface area contributed by atoms with Crippen LogP contribution in [0.25, 0.3) is 0 Å². The van der Waals surface area contributed by atoms with E-state index >= 15 is 0 Å². The maximum atomic E-state index is 12.3. The van der Waals surface area contributed by atoms with Gasteiger partial charge in [-0.15, -0.1) is 0 Å². The average Bonchev–Trinajstić information content (AvgIpc) is 2.42. The van der Waals surface area contributed by atoms with Crippen LogP contribution in [0, 0.1) is 12.8 Å². The fraction of sp³-hybridized carbons (Fsp3) is 0.688. The minimum Gasteiger partial charge on any atom is -0.370 e. The van der Waals surface area contributed by atoms with Crippen molar-refractivity contribution in [1.29, 1.82) is 0 Å². The van der Waals surface area contributed by atoms with Gasteiger partial charge in [0.15, 0.2) is 0 Å². The number of unbranched alkanes of at least 4 members (excludes halogenated alkanes) is 1. The number of nitrogens with zero attached hydrogens (tertiary/aromatic N) is 3. The molecule has 1 heterocycles. The molecular weight excluding hydrogens is 264 g/mol. The second kappa shape index (κ2) is 8.60. The molecule has 1 amide bonds. The molecule has 0 atom stereocenters. The highest BCUT2D eigenvalue weighted by molar-refractivity contribution is 5.92. The molecule has 21 heavy (non-hydrogen) atoms. The number of hydrogen-bond donors (Lipinski definition) is 1. The fourth-order valence-electron chi connectivity index (χ4n) is 1.95. The number of carbonyl (C=O) groups excluding carboxylic acids is 1. The normalized spacial score (nSPS) is 10.8. The molecule has 0 radical (unpaired) electrons. The van der Waals surface area contributed by atoms with Crippen LogP contribution in [0.1, 0.15) is 56.3 Å². The summed E-state index contributed by atoms with van der Waals surface area (Å²) in [4.78, 5) is 22.7. The number of nitrogens with one attached hydrogen (secondary N) is 1. The van der Waals surface area contributed by atoms with Crippen LogP contribution in [-0.2, 0) is 0 Å². The molecule has 5 heteroatoms.